The third kappa shape index (κ3) is 4.87. The number of likely N-dealkylation sites (N-methyl/N-ethyl adjacent to an activating group) is 1. The van der Waals surface area contributed by atoms with Crippen molar-refractivity contribution >= 4 is 5.91 Å². The number of primary amides is 1. The molecule has 0 saturated carbocycles. The first-order chi connectivity index (χ1) is 5.43. The zero-order chi connectivity index (χ0) is 9.72. The van der Waals surface area contributed by atoms with Gasteiger partial charge in [-0.05, 0) is 14.1 Å². The molecular weight excluding hydrogens is 156 g/mol. The van der Waals surface area contributed by atoms with Gasteiger partial charge < -0.3 is 15.7 Å². The Bertz CT molecular complexity index is 178. The Labute approximate surface area is 72.7 Å². The molecule has 4 nitrogen and oxygen atoms in total. The fourth-order valence-corrected chi connectivity index (χ4v) is 0.871. The Balaban J connectivity index is 3.76. The van der Waals surface area contributed by atoms with Gasteiger partial charge in [-0.1, -0.05) is 6.58 Å². The predicted octanol–water partition coefficient (Wildman–Crippen LogP) is -0.659. The molecule has 0 aromatic heterocycles. The van der Waals surface area contributed by atoms with Crippen molar-refractivity contribution in [3.05, 3.63) is 12.2 Å². The first-order valence-corrected chi connectivity index (χ1v) is 3.74. The highest BCUT2D eigenvalue weighted by Gasteiger charge is 2.10. The summed E-state index contributed by atoms with van der Waals surface area (Å²) in [6.07, 6.45) is -0.326. The molecule has 0 rings (SSSR count). The van der Waals surface area contributed by atoms with Gasteiger partial charge in [0.1, 0.15) is 0 Å². The minimum absolute atomic E-state index is 0.244. The van der Waals surface area contributed by atoms with Crippen LogP contribution >= 0.6 is 0 Å². The number of nitrogens with zero attached hydrogens (tertiary/aromatic N) is 1. The molecule has 0 spiro atoms. The average Bonchev–Trinajstić information content (AvgIpc) is 1.84. The topological polar surface area (TPSA) is 66.6 Å². The number of amides is 1. The van der Waals surface area contributed by atoms with Gasteiger partial charge in [0.25, 0.3) is 0 Å². The normalized spacial score (nSPS) is 13.0. The monoisotopic (exact) mass is 172 g/mol. The SMILES string of the molecule is C=C(CC(O)CN(C)C)C(N)=O. The molecule has 1 unspecified atom stereocenters. The van der Waals surface area contributed by atoms with E-state index in [4.69, 9.17) is 5.73 Å². The number of carbonyl (C=O) groups is 1. The fourth-order valence-electron chi connectivity index (χ4n) is 0.871. The van der Waals surface area contributed by atoms with Gasteiger partial charge >= 0.3 is 0 Å². The highest BCUT2D eigenvalue weighted by atomic mass is 16.3. The standard InChI is InChI=1S/C8H16N2O2/c1-6(8(9)12)4-7(11)5-10(2)3/h7,11H,1,4-5H2,2-3H3,(H2,9,12). The molecule has 0 aliphatic rings. The lowest BCUT2D eigenvalue weighted by molar-refractivity contribution is -0.114. The van der Waals surface area contributed by atoms with Crippen molar-refractivity contribution in [2.24, 2.45) is 5.73 Å². The number of carbonyl (C=O) groups excluding carboxylic acids is 1. The lowest BCUT2D eigenvalue weighted by atomic mass is 10.1. The van der Waals surface area contributed by atoms with E-state index in [1.165, 1.54) is 0 Å². The van der Waals surface area contributed by atoms with E-state index in [0.29, 0.717) is 6.54 Å². The second-order valence-corrected chi connectivity index (χ2v) is 3.09. The second kappa shape index (κ2) is 4.90. The van der Waals surface area contributed by atoms with Crippen molar-refractivity contribution in [2.75, 3.05) is 20.6 Å². The van der Waals surface area contributed by atoms with E-state index in [1.807, 2.05) is 19.0 Å². The van der Waals surface area contributed by atoms with Crippen molar-refractivity contribution in [1.29, 1.82) is 0 Å². The molecule has 0 aromatic carbocycles. The quantitative estimate of drug-likeness (QED) is 0.541. The average molecular weight is 172 g/mol. The Morgan fingerprint density at radius 1 is 1.67 bits per heavy atom. The van der Waals surface area contributed by atoms with Crippen LogP contribution in [0, 0.1) is 0 Å². The van der Waals surface area contributed by atoms with Crippen LogP contribution in [0.25, 0.3) is 0 Å². The molecule has 0 aromatic rings. The van der Waals surface area contributed by atoms with Gasteiger partial charge in [-0.25, -0.2) is 0 Å². The van der Waals surface area contributed by atoms with Crippen LogP contribution in [0.4, 0.5) is 0 Å². The molecular formula is C8H16N2O2. The number of hydrogen-bond donors (Lipinski definition) is 2. The first-order valence-electron chi connectivity index (χ1n) is 3.74. The molecule has 70 valence electrons. The lowest BCUT2D eigenvalue weighted by Gasteiger charge is -2.15. The Hall–Kier alpha value is -0.870. The van der Waals surface area contributed by atoms with E-state index in [0.717, 1.165) is 0 Å². The van der Waals surface area contributed by atoms with Crippen molar-refractivity contribution in [3.8, 4) is 0 Å². The van der Waals surface area contributed by atoms with E-state index in [2.05, 4.69) is 6.58 Å². The molecule has 0 aliphatic heterocycles. The summed E-state index contributed by atoms with van der Waals surface area (Å²) in [5, 5.41) is 9.33. The molecule has 12 heavy (non-hydrogen) atoms. The predicted molar refractivity (Wildman–Crippen MR) is 47.5 cm³/mol. The molecule has 1 atom stereocenters. The van der Waals surface area contributed by atoms with E-state index >= 15 is 0 Å². The van der Waals surface area contributed by atoms with Gasteiger partial charge in [-0.3, -0.25) is 4.79 Å². The largest absolute Gasteiger partial charge is 0.391 e. The molecule has 4 heteroatoms. The third-order valence-electron chi connectivity index (χ3n) is 1.41. The molecule has 0 aliphatic carbocycles. The summed E-state index contributed by atoms with van der Waals surface area (Å²) in [6, 6.07) is 0. The summed E-state index contributed by atoms with van der Waals surface area (Å²) in [5.41, 5.74) is 5.22. The number of aliphatic hydroxyl groups is 1. The zero-order valence-corrected chi connectivity index (χ0v) is 7.58. The van der Waals surface area contributed by atoms with E-state index in [1.54, 1.807) is 0 Å². The van der Waals surface area contributed by atoms with Gasteiger partial charge in [0.05, 0.1) is 6.10 Å². The van der Waals surface area contributed by atoms with Crippen LogP contribution in [0.5, 0.6) is 0 Å². The van der Waals surface area contributed by atoms with E-state index in [-0.39, 0.29) is 12.0 Å². The van der Waals surface area contributed by atoms with E-state index < -0.39 is 12.0 Å². The molecule has 1 amide bonds. The van der Waals surface area contributed by atoms with Crippen LogP contribution < -0.4 is 5.73 Å². The Kier molecular flexibility index (Phi) is 4.54. The third-order valence-corrected chi connectivity index (χ3v) is 1.41. The van der Waals surface area contributed by atoms with Crippen LogP contribution in [-0.2, 0) is 4.79 Å². The molecule has 0 saturated heterocycles. The maximum absolute atomic E-state index is 10.5. The Morgan fingerprint density at radius 3 is 2.50 bits per heavy atom. The summed E-state index contributed by atoms with van der Waals surface area (Å²) < 4.78 is 0. The van der Waals surface area contributed by atoms with Gasteiger partial charge in [0.15, 0.2) is 0 Å². The van der Waals surface area contributed by atoms with Crippen molar-refractivity contribution < 1.29 is 9.90 Å². The van der Waals surface area contributed by atoms with Gasteiger partial charge in [-0.15, -0.1) is 0 Å². The molecule has 0 bridgehead atoms. The minimum Gasteiger partial charge on any atom is -0.391 e. The van der Waals surface area contributed by atoms with Crippen LogP contribution in [0.1, 0.15) is 6.42 Å². The molecule has 3 N–H and O–H groups in total. The molecule has 0 heterocycles. The van der Waals surface area contributed by atoms with Crippen molar-refractivity contribution in [2.45, 2.75) is 12.5 Å². The first kappa shape index (κ1) is 11.1. The molecule has 0 radical (unpaired) electrons. The summed E-state index contributed by atoms with van der Waals surface area (Å²) in [4.78, 5) is 12.4. The highest BCUT2D eigenvalue weighted by Crippen LogP contribution is 2.02. The van der Waals surface area contributed by atoms with Crippen LogP contribution in [0.3, 0.4) is 0 Å². The number of nitrogens with two attached hydrogens (primary N) is 1. The van der Waals surface area contributed by atoms with Crippen LogP contribution in [0.2, 0.25) is 0 Å². The zero-order valence-electron chi connectivity index (χ0n) is 7.58. The fraction of sp³-hybridized carbons (Fsp3) is 0.625. The van der Waals surface area contributed by atoms with Crippen LogP contribution in [0.15, 0.2) is 12.2 Å². The van der Waals surface area contributed by atoms with Gasteiger partial charge in [0, 0.05) is 18.5 Å². The van der Waals surface area contributed by atoms with Gasteiger partial charge in [-0.2, -0.15) is 0 Å². The van der Waals surface area contributed by atoms with Crippen molar-refractivity contribution in [1.82, 2.24) is 4.90 Å². The maximum Gasteiger partial charge on any atom is 0.244 e. The summed E-state index contributed by atoms with van der Waals surface area (Å²) in [7, 11) is 3.69. The smallest absolute Gasteiger partial charge is 0.244 e. The summed E-state index contributed by atoms with van der Waals surface area (Å²) in [6.45, 7) is 3.95. The van der Waals surface area contributed by atoms with Gasteiger partial charge in [0.2, 0.25) is 5.91 Å². The number of aliphatic hydroxyl groups excluding tert-OH is 1. The summed E-state index contributed by atoms with van der Waals surface area (Å²) >= 11 is 0. The van der Waals surface area contributed by atoms with Crippen molar-refractivity contribution in [3.63, 3.8) is 0 Å². The summed E-state index contributed by atoms with van der Waals surface area (Å²) in [5.74, 6) is -0.548. The number of rotatable bonds is 5. The maximum atomic E-state index is 10.5. The highest BCUT2D eigenvalue weighted by molar-refractivity contribution is 5.91. The van der Waals surface area contributed by atoms with E-state index in [9.17, 15) is 9.90 Å². The lowest BCUT2D eigenvalue weighted by Crippen LogP contribution is -2.28. The minimum atomic E-state index is -0.569. The number of hydrogen-bond acceptors (Lipinski definition) is 3. The molecule has 0 fully saturated rings. The second-order valence-electron chi connectivity index (χ2n) is 3.09. The van der Waals surface area contributed by atoms with Crippen LogP contribution in [-0.4, -0.2) is 42.7 Å². The Morgan fingerprint density at radius 2 is 2.17 bits per heavy atom.